The predicted octanol–water partition coefficient (Wildman–Crippen LogP) is 4.19. The number of rotatable bonds is 8. The number of benzene rings is 2. The summed E-state index contributed by atoms with van der Waals surface area (Å²) in [5.41, 5.74) is 1.88. The van der Waals surface area contributed by atoms with Gasteiger partial charge in [0.25, 0.3) is 0 Å². The number of carbonyl (C=O) groups is 1. The van der Waals surface area contributed by atoms with Gasteiger partial charge in [0.1, 0.15) is 12.4 Å². The summed E-state index contributed by atoms with van der Waals surface area (Å²) in [6.45, 7) is 4.36. The number of nitrogen functional groups attached to an aromatic ring is 1. The Labute approximate surface area is 182 Å². The van der Waals surface area contributed by atoms with Gasteiger partial charge in [-0.15, -0.1) is 10.2 Å². The Morgan fingerprint density at radius 2 is 2.00 bits per heavy atom. The molecule has 0 fully saturated rings. The predicted molar refractivity (Wildman–Crippen MR) is 119 cm³/mol. The Bertz CT molecular complexity index is 978. The van der Waals surface area contributed by atoms with Crippen molar-refractivity contribution in [3.05, 3.63) is 64.4 Å². The number of halogens is 1. The number of hydrogen-bond acceptors (Lipinski definition) is 6. The average Bonchev–Trinajstić information content (AvgIpc) is 3.06. The minimum atomic E-state index is -0.135. The topological polar surface area (TPSA) is 95.1 Å². The lowest BCUT2D eigenvalue weighted by molar-refractivity contribution is -0.113. The second-order valence-corrected chi connectivity index (χ2v) is 8.45. The van der Waals surface area contributed by atoms with Crippen molar-refractivity contribution in [1.82, 2.24) is 14.9 Å². The van der Waals surface area contributed by atoms with Crippen molar-refractivity contribution < 1.29 is 9.53 Å². The lowest BCUT2D eigenvalue weighted by Gasteiger charge is -2.14. The molecular formula is C20H22BrN5O2S. The molecule has 1 amide bonds. The molecule has 1 heterocycles. The fourth-order valence-electron chi connectivity index (χ4n) is 2.61. The zero-order valence-corrected chi connectivity index (χ0v) is 18.5. The Morgan fingerprint density at radius 1 is 1.24 bits per heavy atom. The Morgan fingerprint density at radius 3 is 2.72 bits per heavy atom. The van der Waals surface area contributed by atoms with Crippen LogP contribution in [0, 0.1) is 0 Å². The molecule has 0 unspecified atom stereocenters. The summed E-state index contributed by atoms with van der Waals surface area (Å²) in [4.78, 5) is 12.4. The summed E-state index contributed by atoms with van der Waals surface area (Å²) >= 11 is 4.69. The van der Waals surface area contributed by atoms with Crippen LogP contribution in [0.4, 0.5) is 5.69 Å². The SMILES string of the molecule is CC(C)c1cc(Br)ccc1NC(=O)CSc1nnc(COc2ccccc2)n1N. The normalized spacial score (nSPS) is 10.9. The van der Waals surface area contributed by atoms with E-state index >= 15 is 0 Å². The summed E-state index contributed by atoms with van der Waals surface area (Å²) in [6.07, 6.45) is 0. The third-order valence-electron chi connectivity index (χ3n) is 4.09. The second kappa shape index (κ2) is 9.80. The molecule has 2 aromatic carbocycles. The first-order valence-corrected chi connectivity index (χ1v) is 10.8. The standard InChI is InChI=1S/C20H22BrN5O2S/c1-13(2)16-10-14(21)8-9-17(16)23-19(27)12-29-20-25-24-18(26(20)22)11-28-15-6-4-3-5-7-15/h3-10,13H,11-12,22H2,1-2H3,(H,23,27). The molecule has 1 aromatic heterocycles. The van der Waals surface area contributed by atoms with Crippen LogP contribution in [0.5, 0.6) is 5.75 Å². The second-order valence-electron chi connectivity index (χ2n) is 6.59. The van der Waals surface area contributed by atoms with E-state index in [1.165, 1.54) is 16.4 Å². The summed E-state index contributed by atoms with van der Waals surface area (Å²) in [5.74, 6) is 7.56. The maximum Gasteiger partial charge on any atom is 0.234 e. The van der Waals surface area contributed by atoms with Gasteiger partial charge in [0, 0.05) is 10.2 Å². The summed E-state index contributed by atoms with van der Waals surface area (Å²) in [5, 5.41) is 11.5. The van der Waals surface area contributed by atoms with Crippen LogP contribution in [0.2, 0.25) is 0 Å². The summed E-state index contributed by atoms with van der Waals surface area (Å²) < 4.78 is 7.97. The number of ether oxygens (including phenoxy) is 1. The minimum Gasteiger partial charge on any atom is -0.486 e. The number of anilines is 1. The molecule has 0 saturated heterocycles. The lowest BCUT2D eigenvalue weighted by atomic mass is 10.0. The molecule has 3 rings (SSSR count). The van der Waals surface area contributed by atoms with E-state index in [0.717, 1.165) is 21.5 Å². The number of amides is 1. The fraction of sp³-hybridized carbons (Fsp3) is 0.250. The molecule has 0 spiro atoms. The van der Waals surface area contributed by atoms with Gasteiger partial charge in [-0.3, -0.25) is 4.79 Å². The Balaban J connectivity index is 1.56. The van der Waals surface area contributed by atoms with Crippen LogP contribution in [0.3, 0.4) is 0 Å². The minimum absolute atomic E-state index is 0.135. The van der Waals surface area contributed by atoms with Crippen molar-refractivity contribution in [1.29, 1.82) is 0 Å². The monoisotopic (exact) mass is 475 g/mol. The highest BCUT2D eigenvalue weighted by Crippen LogP contribution is 2.28. The van der Waals surface area contributed by atoms with Gasteiger partial charge in [-0.05, 0) is 41.8 Å². The first kappa shape index (κ1) is 21.2. The van der Waals surface area contributed by atoms with Gasteiger partial charge in [-0.1, -0.05) is 59.7 Å². The maximum atomic E-state index is 12.4. The van der Waals surface area contributed by atoms with Gasteiger partial charge in [-0.25, -0.2) is 4.68 Å². The molecule has 7 nitrogen and oxygen atoms in total. The summed E-state index contributed by atoms with van der Waals surface area (Å²) in [6, 6.07) is 15.2. The fourth-order valence-corrected chi connectivity index (χ4v) is 3.66. The highest BCUT2D eigenvalue weighted by atomic mass is 79.9. The quantitative estimate of drug-likeness (QED) is 0.374. The lowest BCUT2D eigenvalue weighted by Crippen LogP contribution is -2.18. The van der Waals surface area contributed by atoms with Crippen LogP contribution >= 0.6 is 27.7 Å². The summed E-state index contributed by atoms with van der Waals surface area (Å²) in [7, 11) is 0. The smallest absolute Gasteiger partial charge is 0.234 e. The van der Waals surface area contributed by atoms with Crippen LogP contribution < -0.4 is 15.9 Å². The maximum absolute atomic E-state index is 12.4. The molecular weight excluding hydrogens is 454 g/mol. The average molecular weight is 476 g/mol. The number of hydrogen-bond donors (Lipinski definition) is 2. The van der Waals surface area contributed by atoms with Crippen molar-refractivity contribution in [3.8, 4) is 5.75 Å². The van der Waals surface area contributed by atoms with E-state index in [0.29, 0.717) is 11.0 Å². The van der Waals surface area contributed by atoms with Gasteiger partial charge >= 0.3 is 0 Å². The number of aromatic nitrogens is 3. The van der Waals surface area contributed by atoms with E-state index in [-0.39, 0.29) is 24.2 Å². The van der Waals surface area contributed by atoms with E-state index in [1.54, 1.807) is 0 Å². The van der Waals surface area contributed by atoms with E-state index in [4.69, 9.17) is 10.6 Å². The van der Waals surface area contributed by atoms with Crippen molar-refractivity contribution in [2.45, 2.75) is 31.5 Å². The Kier molecular flexibility index (Phi) is 7.16. The number of nitrogens with one attached hydrogen (secondary N) is 1. The van der Waals surface area contributed by atoms with Crippen molar-refractivity contribution >= 4 is 39.3 Å². The number of nitrogens with two attached hydrogens (primary N) is 1. The third kappa shape index (κ3) is 5.74. The van der Waals surface area contributed by atoms with Gasteiger partial charge in [0.2, 0.25) is 11.1 Å². The van der Waals surface area contributed by atoms with Gasteiger partial charge < -0.3 is 15.9 Å². The van der Waals surface area contributed by atoms with Gasteiger partial charge in [-0.2, -0.15) is 0 Å². The Hall–Kier alpha value is -2.52. The molecule has 0 bridgehead atoms. The molecule has 0 aliphatic carbocycles. The van der Waals surface area contributed by atoms with Crippen LogP contribution in [0.1, 0.15) is 31.2 Å². The number of thioether (sulfide) groups is 1. The van der Waals surface area contributed by atoms with Crippen molar-refractivity contribution in [3.63, 3.8) is 0 Å². The highest BCUT2D eigenvalue weighted by molar-refractivity contribution is 9.10. The van der Waals surface area contributed by atoms with Crippen LogP contribution in [-0.2, 0) is 11.4 Å². The van der Waals surface area contributed by atoms with Crippen LogP contribution in [0.15, 0.2) is 58.2 Å². The molecule has 0 aliphatic heterocycles. The van der Waals surface area contributed by atoms with Gasteiger partial charge in [0.15, 0.2) is 5.82 Å². The molecule has 3 N–H and O–H groups in total. The van der Waals surface area contributed by atoms with Crippen LogP contribution in [0.25, 0.3) is 0 Å². The first-order chi connectivity index (χ1) is 13.9. The molecule has 0 radical (unpaired) electrons. The molecule has 152 valence electrons. The van der Waals surface area contributed by atoms with E-state index in [1.807, 2.05) is 48.5 Å². The third-order valence-corrected chi connectivity index (χ3v) is 5.52. The number of para-hydroxylation sites is 1. The van der Waals surface area contributed by atoms with E-state index < -0.39 is 0 Å². The zero-order valence-electron chi connectivity index (χ0n) is 16.1. The van der Waals surface area contributed by atoms with Crippen molar-refractivity contribution in [2.75, 3.05) is 16.9 Å². The number of carbonyl (C=O) groups excluding carboxylic acids is 1. The molecule has 9 heteroatoms. The highest BCUT2D eigenvalue weighted by Gasteiger charge is 2.15. The van der Waals surface area contributed by atoms with Crippen molar-refractivity contribution in [2.24, 2.45) is 0 Å². The molecule has 0 aliphatic rings. The van der Waals surface area contributed by atoms with E-state index in [2.05, 4.69) is 45.3 Å². The molecule has 0 saturated carbocycles. The zero-order chi connectivity index (χ0) is 20.8. The largest absolute Gasteiger partial charge is 0.486 e. The first-order valence-electron chi connectivity index (χ1n) is 9.03. The molecule has 0 atom stereocenters. The van der Waals surface area contributed by atoms with E-state index in [9.17, 15) is 4.79 Å². The van der Waals surface area contributed by atoms with Crippen LogP contribution in [-0.4, -0.2) is 26.5 Å². The van der Waals surface area contributed by atoms with Gasteiger partial charge in [0.05, 0.1) is 5.75 Å². The molecule has 3 aromatic rings. The molecule has 29 heavy (non-hydrogen) atoms. The number of nitrogens with zero attached hydrogens (tertiary/aromatic N) is 3.